The minimum Gasteiger partial charge on any atom is -0.396 e. The van der Waals surface area contributed by atoms with Gasteiger partial charge in [0.25, 0.3) is 0 Å². The molecule has 6 nitrogen and oxygen atoms in total. The van der Waals surface area contributed by atoms with Gasteiger partial charge in [0, 0.05) is 18.6 Å². The van der Waals surface area contributed by atoms with Crippen LogP contribution in [0.25, 0.3) is 17.0 Å². The van der Waals surface area contributed by atoms with Crippen LogP contribution in [0.2, 0.25) is 0 Å². The second-order valence-electron chi connectivity index (χ2n) is 5.81. The number of anilines is 1. The fourth-order valence-electron chi connectivity index (χ4n) is 2.88. The Bertz CT molecular complexity index is 907. The summed E-state index contributed by atoms with van der Waals surface area (Å²) in [6.45, 7) is 0.143. The van der Waals surface area contributed by atoms with Crippen molar-refractivity contribution in [2.24, 2.45) is 5.92 Å². The molecule has 0 unspecified atom stereocenters. The Morgan fingerprint density at radius 2 is 2.04 bits per heavy atom. The van der Waals surface area contributed by atoms with Gasteiger partial charge in [-0.3, -0.25) is 0 Å². The molecule has 2 aromatic heterocycles. The number of aliphatic hydroxyl groups is 1. The van der Waals surface area contributed by atoms with Crippen molar-refractivity contribution in [3.05, 3.63) is 54.4 Å². The van der Waals surface area contributed by atoms with E-state index in [1.807, 2.05) is 18.2 Å². The summed E-state index contributed by atoms with van der Waals surface area (Å²) >= 11 is 0. The zero-order chi connectivity index (χ0) is 16.5. The average Bonchev–Trinajstić information content (AvgIpc) is 3.22. The highest BCUT2D eigenvalue weighted by atomic mass is 19.1. The molecule has 2 atom stereocenters. The Labute approximate surface area is 137 Å². The van der Waals surface area contributed by atoms with Crippen molar-refractivity contribution in [1.82, 2.24) is 19.8 Å². The van der Waals surface area contributed by atoms with Crippen LogP contribution in [-0.4, -0.2) is 37.6 Å². The molecule has 2 N–H and O–H groups in total. The minimum atomic E-state index is -0.364. The third kappa shape index (κ3) is 2.63. The highest BCUT2D eigenvalue weighted by Gasteiger charge is 2.19. The third-order valence-corrected chi connectivity index (χ3v) is 4.12. The van der Waals surface area contributed by atoms with Gasteiger partial charge in [-0.05, 0) is 30.7 Å². The van der Waals surface area contributed by atoms with E-state index in [4.69, 9.17) is 0 Å². The lowest BCUT2D eigenvalue weighted by Gasteiger charge is -2.13. The van der Waals surface area contributed by atoms with E-state index in [9.17, 15) is 9.50 Å². The van der Waals surface area contributed by atoms with Gasteiger partial charge in [0.1, 0.15) is 11.6 Å². The molecular formula is C17H16FN5O. The monoisotopic (exact) mass is 325 g/mol. The van der Waals surface area contributed by atoms with Crippen LogP contribution in [0.3, 0.4) is 0 Å². The lowest BCUT2D eigenvalue weighted by Crippen LogP contribution is -2.18. The topological polar surface area (TPSA) is 75.3 Å². The first-order chi connectivity index (χ1) is 11.7. The molecule has 0 spiro atoms. The van der Waals surface area contributed by atoms with Crippen molar-refractivity contribution in [2.45, 2.75) is 12.5 Å². The zero-order valence-corrected chi connectivity index (χ0v) is 12.8. The van der Waals surface area contributed by atoms with Crippen LogP contribution >= 0.6 is 0 Å². The predicted molar refractivity (Wildman–Crippen MR) is 87.9 cm³/mol. The maximum Gasteiger partial charge on any atom is 0.188 e. The van der Waals surface area contributed by atoms with Gasteiger partial charge >= 0.3 is 0 Å². The Kier molecular flexibility index (Phi) is 3.70. The molecule has 4 rings (SSSR count). The minimum absolute atomic E-state index is 0.112. The van der Waals surface area contributed by atoms with Crippen molar-refractivity contribution in [2.75, 3.05) is 11.9 Å². The summed E-state index contributed by atoms with van der Waals surface area (Å²) in [7, 11) is 0. The van der Waals surface area contributed by atoms with Gasteiger partial charge in [-0.1, -0.05) is 24.3 Å². The summed E-state index contributed by atoms with van der Waals surface area (Å²) in [6.07, 6.45) is 4.84. The number of aromatic nitrogens is 4. The first-order valence-electron chi connectivity index (χ1n) is 7.77. The number of hydrogen-bond acceptors (Lipinski definition) is 5. The zero-order valence-electron chi connectivity index (χ0n) is 12.8. The number of benzene rings is 1. The highest BCUT2D eigenvalue weighted by Crippen LogP contribution is 2.23. The lowest BCUT2D eigenvalue weighted by molar-refractivity contribution is 0.250. The standard InChI is InChI=1S/C17H16FN5O/c18-14-4-2-1-3-13(14)17-21-20-16-8-7-15(22-23(16)17)19-12-6-5-11(9-12)10-24/h1-8,11-12,24H,9-10H2,(H,19,22)/t11-,12+/m0/s1. The normalized spacial score (nSPS) is 19.9. The summed E-state index contributed by atoms with van der Waals surface area (Å²) in [5, 5.41) is 25.1. The Morgan fingerprint density at radius 3 is 2.83 bits per heavy atom. The fourth-order valence-corrected chi connectivity index (χ4v) is 2.88. The fraction of sp³-hybridized carbons (Fsp3) is 0.235. The van der Waals surface area contributed by atoms with E-state index in [1.165, 1.54) is 10.6 Å². The van der Waals surface area contributed by atoms with Crippen molar-refractivity contribution in [1.29, 1.82) is 0 Å². The van der Waals surface area contributed by atoms with Gasteiger partial charge in [-0.2, -0.15) is 4.52 Å². The molecule has 0 bridgehead atoms. The first-order valence-corrected chi connectivity index (χ1v) is 7.77. The van der Waals surface area contributed by atoms with E-state index in [1.54, 1.807) is 24.3 Å². The number of nitrogens with one attached hydrogen (secondary N) is 1. The second-order valence-corrected chi connectivity index (χ2v) is 5.81. The SMILES string of the molecule is OC[C@H]1C=C[C@@H](Nc2ccc3nnc(-c4ccccc4F)n3n2)C1. The van der Waals surface area contributed by atoms with Gasteiger partial charge in [-0.15, -0.1) is 15.3 Å². The highest BCUT2D eigenvalue weighted by molar-refractivity contribution is 5.60. The molecule has 3 aromatic rings. The average molecular weight is 325 g/mol. The molecule has 0 radical (unpaired) electrons. The van der Waals surface area contributed by atoms with Crippen LogP contribution in [0.15, 0.2) is 48.6 Å². The molecule has 1 aromatic carbocycles. The Morgan fingerprint density at radius 1 is 1.17 bits per heavy atom. The molecule has 122 valence electrons. The van der Waals surface area contributed by atoms with Gasteiger partial charge in [0.05, 0.1) is 5.56 Å². The molecule has 2 heterocycles. The van der Waals surface area contributed by atoms with Crippen molar-refractivity contribution < 1.29 is 9.50 Å². The lowest BCUT2D eigenvalue weighted by atomic mass is 10.1. The van der Waals surface area contributed by atoms with Crippen LogP contribution in [-0.2, 0) is 0 Å². The molecule has 0 saturated carbocycles. The van der Waals surface area contributed by atoms with Gasteiger partial charge in [0.15, 0.2) is 11.5 Å². The van der Waals surface area contributed by atoms with E-state index in [2.05, 4.69) is 20.6 Å². The number of fused-ring (bicyclic) bond motifs is 1. The summed E-state index contributed by atoms with van der Waals surface area (Å²) in [5.74, 6) is 0.821. The summed E-state index contributed by atoms with van der Waals surface area (Å²) in [6, 6.07) is 10.1. The van der Waals surface area contributed by atoms with Crippen molar-refractivity contribution in [3.8, 4) is 11.4 Å². The summed E-state index contributed by atoms with van der Waals surface area (Å²) in [5.41, 5.74) is 0.907. The molecule has 1 aliphatic rings. The van der Waals surface area contributed by atoms with Gasteiger partial charge in [-0.25, -0.2) is 4.39 Å². The van der Waals surface area contributed by atoms with E-state index in [-0.39, 0.29) is 24.4 Å². The molecule has 7 heteroatoms. The molecule has 1 aliphatic carbocycles. The number of hydrogen-bond donors (Lipinski definition) is 2. The Balaban J connectivity index is 1.67. The van der Waals surface area contributed by atoms with Crippen LogP contribution in [0.4, 0.5) is 10.2 Å². The van der Waals surface area contributed by atoms with E-state index in [0.717, 1.165) is 6.42 Å². The molecule has 0 aliphatic heterocycles. The van der Waals surface area contributed by atoms with E-state index >= 15 is 0 Å². The van der Waals surface area contributed by atoms with Crippen molar-refractivity contribution >= 4 is 11.5 Å². The Hall–Kier alpha value is -2.80. The molecule has 24 heavy (non-hydrogen) atoms. The molecule has 0 saturated heterocycles. The van der Waals surface area contributed by atoms with E-state index in [0.29, 0.717) is 22.9 Å². The van der Waals surface area contributed by atoms with Crippen LogP contribution in [0.1, 0.15) is 6.42 Å². The number of aliphatic hydroxyl groups excluding tert-OH is 1. The first kappa shape index (κ1) is 14.8. The molecule has 0 amide bonds. The third-order valence-electron chi connectivity index (χ3n) is 4.12. The number of nitrogens with zero attached hydrogens (tertiary/aromatic N) is 4. The largest absolute Gasteiger partial charge is 0.396 e. The van der Waals surface area contributed by atoms with Crippen LogP contribution in [0, 0.1) is 11.7 Å². The van der Waals surface area contributed by atoms with Crippen LogP contribution in [0.5, 0.6) is 0 Å². The summed E-state index contributed by atoms with van der Waals surface area (Å²) in [4.78, 5) is 0. The second kappa shape index (κ2) is 6.01. The van der Waals surface area contributed by atoms with Gasteiger partial charge < -0.3 is 10.4 Å². The maximum atomic E-state index is 14.0. The number of halogens is 1. The predicted octanol–water partition coefficient (Wildman–Crippen LogP) is 2.28. The van der Waals surface area contributed by atoms with Crippen LogP contribution < -0.4 is 5.32 Å². The summed E-state index contributed by atoms with van der Waals surface area (Å²) < 4.78 is 15.6. The van der Waals surface area contributed by atoms with E-state index < -0.39 is 0 Å². The molecule has 0 fully saturated rings. The quantitative estimate of drug-likeness (QED) is 0.720. The number of rotatable bonds is 4. The van der Waals surface area contributed by atoms with Crippen molar-refractivity contribution in [3.63, 3.8) is 0 Å². The molecular weight excluding hydrogens is 309 g/mol. The van der Waals surface area contributed by atoms with Gasteiger partial charge in [0.2, 0.25) is 0 Å². The smallest absolute Gasteiger partial charge is 0.188 e. The maximum absolute atomic E-state index is 14.0.